The van der Waals surface area contributed by atoms with E-state index in [0.29, 0.717) is 35.3 Å². The number of piperidine rings is 1. The van der Waals surface area contributed by atoms with Gasteiger partial charge in [0.15, 0.2) is 0 Å². The van der Waals surface area contributed by atoms with Crippen molar-refractivity contribution in [3.63, 3.8) is 0 Å². The quantitative estimate of drug-likeness (QED) is 0.732. The molecule has 138 valence electrons. The first kappa shape index (κ1) is 18.9. The summed E-state index contributed by atoms with van der Waals surface area (Å²) in [7, 11) is 0. The molecule has 0 bridgehead atoms. The lowest BCUT2D eigenvalue weighted by atomic mass is 9.98. The Morgan fingerprint density at radius 3 is 2.96 bits per heavy atom. The van der Waals surface area contributed by atoms with Crippen molar-refractivity contribution in [3.8, 4) is 10.6 Å². The van der Waals surface area contributed by atoms with Gasteiger partial charge in [0.2, 0.25) is 0 Å². The number of nitrogens with zero attached hydrogens (tertiary/aromatic N) is 2. The first-order chi connectivity index (χ1) is 12.5. The standard InChI is InChI=1S/C19H21ClN2O3S/c1-3-25-19(24)14-7-5-9-22(11-14)18(23)16-12(2)21-17(26-16)13-6-4-8-15(20)10-13/h4,6,8,10,14H,3,5,7,9,11H2,1-2H3/t14-/m1/s1. The summed E-state index contributed by atoms with van der Waals surface area (Å²) in [6, 6.07) is 7.44. The molecule has 0 unspecified atom stereocenters. The van der Waals surface area contributed by atoms with E-state index < -0.39 is 0 Å². The number of thiazole rings is 1. The van der Waals surface area contributed by atoms with Gasteiger partial charge in [0.1, 0.15) is 9.88 Å². The zero-order valence-corrected chi connectivity index (χ0v) is 16.4. The minimum absolute atomic E-state index is 0.0673. The van der Waals surface area contributed by atoms with Crippen LogP contribution in [0.3, 0.4) is 0 Å². The summed E-state index contributed by atoms with van der Waals surface area (Å²) in [5.41, 5.74) is 1.60. The third kappa shape index (κ3) is 4.07. The van der Waals surface area contributed by atoms with E-state index in [9.17, 15) is 9.59 Å². The number of aromatic nitrogens is 1. The Morgan fingerprint density at radius 2 is 2.23 bits per heavy atom. The molecule has 0 radical (unpaired) electrons. The van der Waals surface area contributed by atoms with Crippen molar-refractivity contribution < 1.29 is 14.3 Å². The van der Waals surface area contributed by atoms with Gasteiger partial charge in [0, 0.05) is 23.7 Å². The number of hydrogen-bond acceptors (Lipinski definition) is 5. The first-order valence-electron chi connectivity index (χ1n) is 8.69. The van der Waals surface area contributed by atoms with Crippen LogP contribution in [0.1, 0.15) is 35.1 Å². The fourth-order valence-corrected chi connectivity index (χ4v) is 4.32. The lowest BCUT2D eigenvalue weighted by Gasteiger charge is -2.31. The van der Waals surface area contributed by atoms with Crippen molar-refractivity contribution in [2.75, 3.05) is 19.7 Å². The summed E-state index contributed by atoms with van der Waals surface area (Å²) >= 11 is 7.42. The Bertz CT molecular complexity index is 821. The highest BCUT2D eigenvalue weighted by molar-refractivity contribution is 7.17. The minimum atomic E-state index is -0.242. The monoisotopic (exact) mass is 392 g/mol. The molecule has 0 N–H and O–H groups in total. The van der Waals surface area contributed by atoms with E-state index in [4.69, 9.17) is 16.3 Å². The molecule has 1 fully saturated rings. The lowest BCUT2D eigenvalue weighted by Crippen LogP contribution is -2.42. The second kappa shape index (κ2) is 8.18. The van der Waals surface area contributed by atoms with Gasteiger partial charge in [0.05, 0.1) is 18.2 Å². The molecule has 1 amide bonds. The Morgan fingerprint density at radius 1 is 1.42 bits per heavy atom. The van der Waals surface area contributed by atoms with Gasteiger partial charge >= 0.3 is 5.97 Å². The van der Waals surface area contributed by atoms with Crippen molar-refractivity contribution in [2.45, 2.75) is 26.7 Å². The summed E-state index contributed by atoms with van der Waals surface area (Å²) in [5.74, 6) is -0.527. The Balaban J connectivity index is 1.78. The molecular formula is C19H21ClN2O3S. The zero-order chi connectivity index (χ0) is 18.7. The minimum Gasteiger partial charge on any atom is -0.466 e. The van der Waals surface area contributed by atoms with Crippen LogP contribution in [0.5, 0.6) is 0 Å². The number of rotatable bonds is 4. The number of carbonyl (C=O) groups excluding carboxylic acids is 2. The van der Waals surface area contributed by atoms with E-state index in [1.807, 2.05) is 25.1 Å². The van der Waals surface area contributed by atoms with Crippen LogP contribution in [0.15, 0.2) is 24.3 Å². The average molecular weight is 393 g/mol. The van der Waals surface area contributed by atoms with Gasteiger partial charge in [-0.25, -0.2) is 4.98 Å². The fraction of sp³-hybridized carbons (Fsp3) is 0.421. The van der Waals surface area contributed by atoms with Crippen LogP contribution >= 0.6 is 22.9 Å². The van der Waals surface area contributed by atoms with E-state index in [1.54, 1.807) is 17.9 Å². The summed E-state index contributed by atoms with van der Waals surface area (Å²) in [5, 5.41) is 1.41. The first-order valence-corrected chi connectivity index (χ1v) is 9.88. The van der Waals surface area contributed by atoms with Gasteiger partial charge in [-0.05, 0) is 38.8 Å². The molecule has 1 aromatic heterocycles. The largest absolute Gasteiger partial charge is 0.466 e. The summed E-state index contributed by atoms with van der Waals surface area (Å²) in [4.78, 5) is 31.9. The number of halogens is 1. The van der Waals surface area contributed by atoms with Crippen LogP contribution in [-0.4, -0.2) is 41.5 Å². The van der Waals surface area contributed by atoms with Gasteiger partial charge in [-0.1, -0.05) is 23.7 Å². The summed E-state index contributed by atoms with van der Waals surface area (Å²) < 4.78 is 5.11. The number of likely N-dealkylation sites (tertiary alicyclic amines) is 1. The normalized spacial score (nSPS) is 17.2. The molecule has 0 saturated carbocycles. The number of benzene rings is 1. The molecule has 26 heavy (non-hydrogen) atoms. The predicted octanol–water partition coefficient (Wildman–Crippen LogP) is 4.19. The van der Waals surface area contributed by atoms with Crippen molar-refractivity contribution in [1.82, 2.24) is 9.88 Å². The van der Waals surface area contributed by atoms with Crippen LogP contribution in [0.25, 0.3) is 10.6 Å². The number of hydrogen-bond donors (Lipinski definition) is 0. The summed E-state index contributed by atoms with van der Waals surface area (Å²) in [6.45, 7) is 5.05. The number of ether oxygens (including phenoxy) is 1. The second-order valence-corrected chi connectivity index (χ2v) is 7.72. The number of amides is 1. The Kier molecular flexibility index (Phi) is 5.94. The molecule has 0 spiro atoms. The van der Waals surface area contributed by atoms with Crippen molar-refractivity contribution in [1.29, 1.82) is 0 Å². The molecule has 5 nitrogen and oxygen atoms in total. The smallest absolute Gasteiger partial charge is 0.310 e. The molecule has 2 heterocycles. The molecule has 1 aliphatic rings. The number of carbonyl (C=O) groups is 2. The average Bonchev–Trinajstić information content (AvgIpc) is 3.03. The van der Waals surface area contributed by atoms with Crippen LogP contribution < -0.4 is 0 Å². The molecule has 2 aromatic rings. The van der Waals surface area contributed by atoms with Crippen molar-refractivity contribution in [3.05, 3.63) is 39.9 Å². The van der Waals surface area contributed by atoms with E-state index in [1.165, 1.54) is 11.3 Å². The van der Waals surface area contributed by atoms with Gasteiger partial charge < -0.3 is 9.64 Å². The third-order valence-corrected chi connectivity index (χ3v) is 5.82. The maximum absolute atomic E-state index is 13.0. The van der Waals surface area contributed by atoms with Crippen LogP contribution in [0, 0.1) is 12.8 Å². The maximum atomic E-state index is 13.0. The topological polar surface area (TPSA) is 59.5 Å². The second-order valence-electron chi connectivity index (χ2n) is 6.29. The lowest BCUT2D eigenvalue weighted by molar-refractivity contribution is -0.149. The predicted molar refractivity (Wildman–Crippen MR) is 103 cm³/mol. The number of esters is 1. The van der Waals surface area contributed by atoms with E-state index >= 15 is 0 Å². The Labute approximate surface area is 161 Å². The van der Waals surface area contributed by atoms with Crippen LogP contribution in [0.2, 0.25) is 5.02 Å². The molecule has 3 rings (SSSR count). The van der Waals surface area contributed by atoms with Crippen LogP contribution in [-0.2, 0) is 9.53 Å². The molecule has 7 heteroatoms. The summed E-state index contributed by atoms with van der Waals surface area (Å²) in [6.07, 6.45) is 1.56. The molecular weight excluding hydrogens is 372 g/mol. The zero-order valence-electron chi connectivity index (χ0n) is 14.8. The molecule has 1 aliphatic heterocycles. The van der Waals surface area contributed by atoms with E-state index in [0.717, 1.165) is 23.4 Å². The molecule has 0 aliphatic carbocycles. The van der Waals surface area contributed by atoms with Gasteiger partial charge in [-0.3, -0.25) is 9.59 Å². The van der Waals surface area contributed by atoms with E-state index in [-0.39, 0.29) is 17.8 Å². The van der Waals surface area contributed by atoms with Crippen LogP contribution in [0.4, 0.5) is 0 Å². The SMILES string of the molecule is CCOC(=O)[C@@H]1CCCN(C(=O)c2sc(-c3cccc(Cl)c3)nc2C)C1. The van der Waals surface area contributed by atoms with E-state index in [2.05, 4.69) is 4.98 Å². The third-order valence-electron chi connectivity index (χ3n) is 4.39. The number of aryl methyl sites for hydroxylation is 1. The van der Waals surface area contributed by atoms with Crippen molar-refractivity contribution >= 4 is 34.8 Å². The Hall–Kier alpha value is -1.92. The van der Waals surface area contributed by atoms with Gasteiger partial charge in [0.25, 0.3) is 5.91 Å². The fourth-order valence-electron chi connectivity index (χ4n) is 3.10. The highest BCUT2D eigenvalue weighted by Gasteiger charge is 2.31. The van der Waals surface area contributed by atoms with Gasteiger partial charge in [-0.2, -0.15) is 0 Å². The molecule has 1 atom stereocenters. The molecule has 1 aromatic carbocycles. The molecule has 1 saturated heterocycles. The highest BCUT2D eigenvalue weighted by atomic mass is 35.5. The van der Waals surface area contributed by atoms with Crippen molar-refractivity contribution in [2.24, 2.45) is 5.92 Å². The highest BCUT2D eigenvalue weighted by Crippen LogP contribution is 2.31. The van der Waals surface area contributed by atoms with Gasteiger partial charge in [-0.15, -0.1) is 11.3 Å². The maximum Gasteiger partial charge on any atom is 0.310 e.